The van der Waals surface area contributed by atoms with Gasteiger partial charge in [-0.3, -0.25) is 0 Å². The Bertz CT molecular complexity index is 101. The molecule has 0 radical (unpaired) electrons. The minimum atomic E-state index is 0.261. The molecule has 3 nitrogen and oxygen atoms in total. The average Bonchev–Trinajstić information content (AvgIpc) is 2.09. The molecule has 5 heteroatoms. The van der Waals surface area contributed by atoms with E-state index >= 15 is 0 Å². The van der Waals surface area contributed by atoms with Crippen molar-refractivity contribution < 1.29 is 14.2 Å². The SMILES string of the molecule is CC(I)OCCOCCOCCI. The molecule has 0 aliphatic carbocycles. The molecule has 0 aliphatic rings. The van der Waals surface area contributed by atoms with Crippen molar-refractivity contribution in [3.63, 3.8) is 0 Å². The van der Waals surface area contributed by atoms with Crippen LogP contribution in [0.15, 0.2) is 0 Å². The number of rotatable bonds is 9. The van der Waals surface area contributed by atoms with Gasteiger partial charge < -0.3 is 14.2 Å². The first-order valence-electron chi connectivity index (χ1n) is 4.24. The molecule has 0 aromatic carbocycles. The monoisotopic (exact) mass is 414 g/mol. The van der Waals surface area contributed by atoms with Crippen LogP contribution in [-0.2, 0) is 14.2 Å². The molecule has 0 rings (SSSR count). The minimum Gasteiger partial charge on any atom is -0.378 e. The van der Waals surface area contributed by atoms with Gasteiger partial charge in [0.25, 0.3) is 0 Å². The van der Waals surface area contributed by atoms with Gasteiger partial charge in [0, 0.05) is 4.43 Å². The van der Waals surface area contributed by atoms with Crippen LogP contribution in [0.4, 0.5) is 0 Å². The second-order valence-corrected chi connectivity index (χ2v) is 5.16. The number of hydrogen-bond donors (Lipinski definition) is 0. The van der Waals surface area contributed by atoms with E-state index in [0.29, 0.717) is 26.4 Å². The van der Waals surface area contributed by atoms with E-state index in [-0.39, 0.29) is 4.11 Å². The maximum atomic E-state index is 5.29. The quantitative estimate of drug-likeness (QED) is 0.329. The summed E-state index contributed by atoms with van der Waals surface area (Å²) in [5.41, 5.74) is 0. The highest BCUT2D eigenvalue weighted by atomic mass is 127. The normalized spacial score (nSPS) is 13.2. The van der Waals surface area contributed by atoms with Crippen LogP contribution in [-0.4, -0.2) is 41.6 Å². The molecule has 1 unspecified atom stereocenters. The number of ether oxygens (including phenoxy) is 3. The third-order valence-electron chi connectivity index (χ3n) is 1.17. The molecule has 0 amide bonds. The fourth-order valence-electron chi connectivity index (χ4n) is 0.646. The first-order chi connectivity index (χ1) is 6.27. The summed E-state index contributed by atoms with van der Waals surface area (Å²) in [7, 11) is 0. The summed E-state index contributed by atoms with van der Waals surface area (Å²) in [6.45, 7) is 5.48. The molecule has 80 valence electrons. The van der Waals surface area contributed by atoms with Crippen LogP contribution in [0.3, 0.4) is 0 Å². The van der Waals surface area contributed by atoms with Crippen LogP contribution in [0, 0.1) is 0 Å². The van der Waals surface area contributed by atoms with Gasteiger partial charge >= 0.3 is 0 Å². The predicted molar refractivity (Wildman–Crippen MR) is 70.0 cm³/mol. The van der Waals surface area contributed by atoms with Gasteiger partial charge in [-0.05, 0) is 6.92 Å². The Kier molecular flexibility index (Phi) is 12.6. The van der Waals surface area contributed by atoms with Crippen molar-refractivity contribution in [3.8, 4) is 0 Å². The zero-order chi connectivity index (χ0) is 9.94. The first-order valence-corrected chi connectivity index (χ1v) is 7.01. The van der Waals surface area contributed by atoms with Crippen LogP contribution >= 0.6 is 45.2 Å². The molecule has 13 heavy (non-hydrogen) atoms. The lowest BCUT2D eigenvalue weighted by Gasteiger charge is -2.07. The van der Waals surface area contributed by atoms with Gasteiger partial charge in [0.15, 0.2) is 0 Å². The van der Waals surface area contributed by atoms with Crippen LogP contribution < -0.4 is 0 Å². The number of hydrogen-bond acceptors (Lipinski definition) is 3. The predicted octanol–water partition coefficient (Wildman–Crippen LogP) is 2.25. The Balaban J connectivity index is 2.84. The van der Waals surface area contributed by atoms with Crippen LogP contribution in [0.25, 0.3) is 0 Å². The summed E-state index contributed by atoms with van der Waals surface area (Å²) >= 11 is 4.50. The molecule has 0 spiro atoms. The lowest BCUT2D eigenvalue weighted by atomic mass is 10.7. The van der Waals surface area contributed by atoms with Crippen LogP contribution in [0.1, 0.15) is 6.92 Å². The van der Waals surface area contributed by atoms with Gasteiger partial charge in [-0.25, -0.2) is 0 Å². The molecular weight excluding hydrogens is 398 g/mol. The van der Waals surface area contributed by atoms with Gasteiger partial charge in [0.2, 0.25) is 0 Å². The first kappa shape index (κ1) is 14.3. The van der Waals surface area contributed by atoms with Gasteiger partial charge in [-0.15, -0.1) is 0 Å². The molecule has 0 aliphatic heterocycles. The van der Waals surface area contributed by atoms with E-state index < -0.39 is 0 Å². The van der Waals surface area contributed by atoms with Gasteiger partial charge in [-0.2, -0.15) is 0 Å². The smallest absolute Gasteiger partial charge is 0.106 e. The second kappa shape index (κ2) is 11.4. The summed E-state index contributed by atoms with van der Waals surface area (Å²) in [4.78, 5) is 0. The Morgan fingerprint density at radius 2 is 1.54 bits per heavy atom. The lowest BCUT2D eigenvalue weighted by molar-refractivity contribution is 0.0172. The molecule has 0 heterocycles. The summed E-state index contributed by atoms with van der Waals surface area (Å²) < 4.78 is 17.1. The van der Waals surface area contributed by atoms with E-state index in [4.69, 9.17) is 14.2 Å². The molecule has 0 saturated carbocycles. The molecular formula is C8H16I2O3. The summed E-state index contributed by atoms with van der Waals surface area (Å²) in [6, 6.07) is 0. The van der Waals surface area contributed by atoms with Gasteiger partial charge in [-0.1, -0.05) is 45.2 Å². The standard InChI is InChI=1S/C8H16I2O3/c1-8(10)13-7-6-12-5-4-11-3-2-9/h8H,2-7H2,1H3. The van der Waals surface area contributed by atoms with E-state index in [0.717, 1.165) is 11.0 Å². The van der Waals surface area contributed by atoms with Crippen LogP contribution in [0.5, 0.6) is 0 Å². The van der Waals surface area contributed by atoms with Crippen molar-refractivity contribution in [1.82, 2.24) is 0 Å². The second-order valence-electron chi connectivity index (χ2n) is 2.33. The van der Waals surface area contributed by atoms with Gasteiger partial charge in [0.1, 0.15) is 4.11 Å². The Labute approximate surface area is 107 Å². The molecule has 1 atom stereocenters. The maximum Gasteiger partial charge on any atom is 0.106 e. The molecule has 0 aromatic heterocycles. The molecule has 0 fully saturated rings. The summed E-state index contributed by atoms with van der Waals surface area (Å²) in [5.74, 6) is 0. The highest BCUT2D eigenvalue weighted by Crippen LogP contribution is 1.98. The molecule has 0 saturated heterocycles. The third kappa shape index (κ3) is 13.3. The zero-order valence-electron chi connectivity index (χ0n) is 7.80. The molecule has 0 aromatic rings. The molecule has 0 N–H and O–H groups in total. The van der Waals surface area contributed by atoms with E-state index in [2.05, 4.69) is 45.2 Å². The maximum absolute atomic E-state index is 5.29. The van der Waals surface area contributed by atoms with Gasteiger partial charge in [0.05, 0.1) is 33.0 Å². The molecule has 0 bridgehead atoms. The van der Waals surface area contributed by atoms with Crippen molar-refractivity contribution in [2.45, 2.75) is 11.0 Å². The number of alkyl halides is 2. The van der Waals surface area contributed by atoms with Crippen molar-refractivity contribution >= 4 is 45.2 Å². The van der Waals surface area contributed by atoms with E-state index in [1.807, 2.05) is 6.92 Å². The third-order valence-corrected chi connectivity index (χ3v) is 1.97. The van der Waals surface area contributed by atoms with Crippen molar-refractivity contribution in [3.05, 3.63) is 0 Å². The minimum absolute atomic E-state index is 0.261. The van der Waals surface area contributed by atoms with Crippen molar-refractivity contribution in [2.75, 3.05) is 37.5 Å². The number of halogens is 2. The fourth-order valence-corrected chi connectivity index (χ4v) is 1.21. The Morgan fingerprint density at radius 3 is 2.08 bits per heavy atom. The van der Waals surface area contributed by atoms with Crippen LogP contribution in [0.2, 0.25) is 0 Å². The largest absolute Gasteiger partial charge is 0.378 e. The topological polar surface area (TPSA) is 27.7 Å². The van der Waals surface area contributed by atoms with E-state index in [9.17, 15) is 0 Å². The van der Waals surface area contributed by atoms with Crippen molar-refractivity contribution in [2.24, 2.45) is 0 Å². The highest BCUT2D eigenvalue weighted by Gasteiger charge is 1.94. The Morgan fingerprint density at radius 1 is 1.00 bits per heavy atom. The lowest BCUT2D eigenvalue weighted by Crippen LogP contribution is -2.11. The Hall–Kier alpha value is 1.34. The van der Waals surface area contributed by atoms with E-state index in [1.165, 1.54) is 0 Å². The zero-order valence-corrected chi connectivity index (χ0v) is 12.1. The van der Waals surface area contributed by atoms with E-state index in [1.54, 1.807) is 0 Å². The highest BCUT2D eigenvalue weighted by molar-refractivity contribution is 14.1. The van der Waals surface area contributed by atoms with Crippen molar-refractivity contribution in [1.29, 1.82) is 0 Å². The summed E-state index contributed by atoms with van der Waals surface area (Å²) in [5, 5.41) is 0. The average molecular weight is 414 g/mol. The summed E-state index contributed by atoms with van der Waals surface area (Å²) in [6.07, 6.45) is 0. The fraction of sp³-hybridized carbons (Fsp3) is 1.00.